The van der Waals surface area contributed by atoms with Crippen LogP contribution in [0.4, 0.5) is 5.69 Å². The van der Waals surface area contributed by atoms with Crippen molar-refractivity contribution in [3.8, 4) is 23.0 Å². The van der Waals surface area contributed by atoms with E-state index < -0.39 is 0 Å². The first kappa shape index (κ1) is 19.3. The number of carbonyl (C=O) groups is 1. The molecule has 0 bridgehead atoms. The number of hydrogen-bond acceptors (Lipinski definition) is 7. The highest BCUT2D eigenvalue weighted by Crippen LogP contribution is 2.36. The molecule has 2 heterocycles. The summed E-state index contributed by atoms with van der Waals surface area (Å²) in [7, 11) is 0. The molecule has 0 radical (unpaired) electrons. The number of rotatable bonds is 5. The Balaban J connectivity index is 1.39. The number of aromatic nitrogens is 2. The van der Waals surface area contributed by atoms with Crippen molar-refractivity contribution in [2.45, 2.75) is 31.4 Å². The Bertz CT molecular complexity index is 1040. The fraction of sp³-hybridized carbons (Fsp3) is 0.286. The second kappa shape index (κ2) is 7.79. The Hall–Kier alpha value is -3.00. The molecule has 0 fully saturated rings. The van der Waals surface area contributed by atoms with Crippen LogP contribution in [0.25, 0.3) is 11.5 Å². The average molecular weight is 411 g/mol. The normalized spacial score (nSPS) is 12.8. The number of ether oxygens (including phenoxy) is 2. The number of thioether (sulfide) groups is 1. The highest BCUT2D eigenvalue weighted by atomic mass is 32.2. The average Bonchev–Trinajstić information content (AvgIpc) is 3.34. The summed E-state index contributed by atoms with van der Waals surface area (Å²) in [5.41, 5.74) is 2.57. The predicted octanol–water partition coefficient (Wildman–Crippen LogP) is 4.49. The lowest BCUT2D eigenvalue weighted by molar-refractivity contribution is -0.113. The van der Waals surface area contributed by atoms with Gasteiger partial charge in [-0.3, -0.25) is 4.79 Å². The Labute approximate surface area is 172 Å². The van der Waals surface area contributed by atoms with E-state index in [1.165, 1.54) is 11.8 Å². The molecule has 150 valence electrons. The zero-order valence-electron chi connectivity index (χ0n) is 16.4. The molecule has 1 aliphatic heterocycles. The monoisotopic (exact) mass is 411 g/mol. The first-order valence-electron chi connectivity index (χ1n) is 9.16. The smallest absolute Gasteiger partial charge is 0.277 e. The van der Waals surface area contributed by atoms with Crippen LogP contribution in [0.3, 0.4) is 0 Å². The van der Waals surface area contributed by atoms with E-state index in [0.29, 0.717) is 22.6 Å². The van der Waals surface area contributed by atoms with Crippen molar-refractivity contribution >= 4 is 23.4 Å². The van der Waals surface area contributed by atoms with Crippen LogP contribution in [0.15, 0.2) is 52.1 Å². The van der Waals surface area contributed by atoms with Crippen LogP contribution in [0.5, 0.6) is 11.5 Å². The van der Waals surface area contributed by atoms with Gasteiger partial charge in [0.25, 0.3) is 5.22 Å². The molecular weight excluding hydrogens is 390 g/mol. The van der Waals surface area contributed by atoms with Gasteiger partial charge in [0.1, 0.15) is 0 Å². The molecular formula is C21H21N3O4S. The third kappa shape index (κ3) is 4.37. The van der Waals surface area contributed by atoms with Crippen LogP contribution in [-0.2, 0) is 10.2 Å². The lowest BCUT2D eigenvalue weighted by atomic mass is 9.86. The summed E-state index contributed by atoms with van der Waals surface area (Å²) in [6.07, 6.45) is 0. The second-order valence-electron chi connectivity index (χ2n) is 7.57. The fourth-order valence-electron chi connectivity index (χ4n) is 2.97. The molecule has 8 heteroatoms. The summed E-state index contributed by atoms with van der Waals surface area (Å²) in [5, 5.41) is 11.4. The third-order valence-corrected chi connectivity index (χ3v) is 5.18. The largest absolute Gasteiger partial charge is 0.454 e. The lowest BCUT2D eigenvalue weighted by Gasteiger charge is -2.22. The van der Waals surface area contributed by atoms with Crippen molar-refractivity contribution in [2.24, 2.45) is 0 Å². The molecule has 0 unspecified atom stereocenters. The summed E-state index contributed by atoms with van der Waals surface area (Å²) in [6.45, 7) is 6.55. The molecule has 7 nitrogen and oxygen atoms in total. The minimum Gasteiger partial charge on any atom is -0.454 e. The molecule has 1 amide bonds. The lowest BCUT2D eigenvalue weighted by Crippen LogP contribution is -2.19. The van der Waals surface area contributed by atoms with E-state index in [2.05, 4.69) is 36.3 Å². The fourth-order valence-corrected chi connectivity index (χ4v) is 3.54. The van der Waals surface area contributed by atoms with E-state index in [9.17, 15) is 4.79 Å². The van der Waals surface area contributed by atoms with Crippen molar-refractivity contribution in [3.05, 3.63) is 48.0 Å². The number of anilines is 1. The number of fused-ring (bicyclic) bond motifs is 1. The Morgan fingerprint density at radius 1 is 1.10 bits per heavy atom. The molecule has 29 heavy (non-hydrogen) atoms. The van der Waals surface area contributed by atoms with Crippen LogP contribution in [-0.4, -0.2) is 28.7 Å². The minimum atomic E-state index is -0.130. The molecule has 0 spiro atoms. The van der Waals surface area contributed by atoms with Gasteiger partial charge in [0.15, 0.2) is 11.5 Å². The third-order valence-electron chi connectivity index (χ3n) is 4.36. The number of nitrogens with one attached hydrogen (secondary N) is 1. The standard InChI is InChI=1S/C21H21N3O4S/c1-21(2,3)14-6-4-5-7-15(14)22-18(25)11-29-20-24-23-19(28-20)13-8-9-16-17(10-13)27-12-26-16/h4-10H,11-12H2,1-3H3,(H,22,25). The number of para-hydroxylation sites is 1. The van der Waals surface area contributed by atoms with Gasteiger partial charge >= 0.3 is 0 Å². The summed E-state index contributed by atoms with van der Waals surface area (Å²) in [6, 6.07) is 13.2. The van der Waals surface area contributed by atoms with Gasteiger partial charge in [0.05, 0.1) is 5.75 Å². The number of nitrogens with zero attached hydrogens (tertiary/aromatic N) is 2. The van der Waals surface area contributed by atoms with Crippen LogP contribution in [0.2, 0.25) is 0 Å². The molecule has 4 rings (SSSR count). The Morgan fingerprint density at radius 3 is 2.72 bits per heavy atom. The Morgan fingerprint density at radius 2 is 1.90 bits per heavy atom. The maximum atomic E-state index is 12.4. The molecule has 1 aromatic heterocycles. The molecule has 0 aliphatic carbocycles. The van der Waals surface area contributed by atoms with Crippen LogP contribution in [0, 0.1) is 0 Å². The molecule has 1 N–H and O–H groups in total. The highest BCUT2D eigenvalue weighted by Gasteiger charge is 2.20. The van der Waals surface area contributed by atoms with E-state index in [4.69, 9.17) is 13.9 Å². The zero-order chi connectivity index (χ0) is 20.4. The minimum absolute atomic E-state index is 0.0664. The Kier molecular flexibility index (Phi) is 5.19. The van der Waals surface area contributed by atoms with Crippen molar-refractivity contribution in [1.29, 1.82) is 0 Å². The van der Waals surface area contributed by atoms with Crippen LogP contribution < -0.4 is 14.8 Å². The quantitative estimate of drug-likeness (QED) is 0.619. The van der Waals surface area contributed by atoms with Gasteiger partial charge in [-0.25, -0.2) is 0 Å². The molecule has 0 saturated carbocycles. The zero-order valence-corrected chi connectivity index (χ0v) is 17.2. The molecule has 1 aliphatic rings. The summed E-state index contributed by atoms with van der Waals surface area (Å²) in [5.74, 6) is 1.74. The van der Waals surface area contributed by atoms with Gasteiger partial charge in [0.2, 0.25) is 18.6 Å². The first-order valence-corrected chi connectivity index (χ1v) is 10.1. The SMILES string of the molecule is CC(C)(C)c1ccccc1NC(=O)CSc1nnc(-c2ccc3c(c2)OCO3)o1. The molecule has 3 aromatic rings. The summed E-state index contributed by atoms with van der Waals surface area (Å²) >= 11 is 1.19. The van der Waals surface area contributed by atoms with Gasteiger partial charge in [-0.2, -0.15) is 0 Å². The summed E-state index contributed by atoms with van der Waals surface area (Å²) < 4.78 is 16.3. The van der Waals surface area contributed by atoms with Crippen molar-refractivity contribution in [2.75, 3.05) is 17.9 Å². The van der Waals surface area contributed by atoms with Crippen molar-refractivity contribution in [3.63, 3.8) is 0 Å². The maximum absolute atomic E-state index is 12.4. The second-order valence-corrected chi connectivity index (χ2v) is 8.50. The number of carbonyl (C=O) groups excluding carboxylic acids is 1. The summed E-state index contributed by atoms with van der Waals surface area (Å²) in [4.78, 5) is 12.4. The van der Waals surface area contributed by atoms with E-state index in [1.54, 1.807) is 12.1 Å². The molecule has 0 saturated heterocycles. The van der Waals surface area contributed by atoms with Gasteiger partial charge in [0, 0.05) is 11.3 Å². The highest BCUT2D eigenvalue weighted by molar-refractivity contribution is 7.99. The van der Waals surface area contributed by atoms with Crippen molar-refractivity contribution < 1.29 is 18.7 Å². The number of hydrogen-bond donors (Lipinski definition) is 1. The van der Waals surface area contributed by atoms with Crippen LogP contribution in [0.1, 0.15) is 26.3 Å². The molecule has 0 atom stereocenters. The van der Waals surface area contributed by atoms with E-state index in [0.717, 1.165) is 16.8 Å². The first-order chi connectivity index (χ1) is 13.9. The number of benzene rings is 2. The molecule has 2 aromatic carbocycles. The maximum Gasteiger partial charge on any atom is 0.277 e. The van der Waals surface area contributed by atoms with Gasteiger partial charge in [-0.15, -0.1) is 10.2 Å². The van der Waals surface area contributed by atoms with E-state index >= 15 is 0 Å². The topological polar surface area (TPSA) is 86.5 Å². The van der Waals surface area contributed by atoms with Crippen LogP contribution >= 0.6 is 11.8 Å². The van der Waals surface area contributed by atoms with Gasteiger partial charge in [-0.1, -0.05) is 50.7 Å². The number of amides is 1. The van der Waals surface area contributed by atoms with Gasteiger partial charge < -0.3 is 19.2 Å². The van der Waals surface area contributed by atoms with E-state index in [1.807, 2.05) is 30.3 Å². The van der Waals surface area contributed by atoms with E-state index in [-0.39, 0.29) is 23.9 Å². The van der Waals surface area contributed by atoms with Crippen molar-refractivity contribution in [1.82, 2.24) is 10.2 Å². The van der Waals surface area contributed by atoms with Gasteiger partial charge in [-0.05, 0) is 35.2 Å². The predicted molar refractivity (Wildman–Crippen MR) is 110 cm³/mol.